The summed E-state index contributed by atoms with van der Waals surface area (Å²) in [5, 5.41) is 2.46. The molecule has 0 amide bonds. The van der Waals surface area contributed by atoms with Gasteiger partial charge in [0.1, 0.15) is 12.0 Å². The molecule has 0 saturated carbocycles. The first-order valence-corrected chi connectivity index (χ1v) is 6.01. The van der Waals surface area contributed by atoms with Crippen LogP contribution in [0.25, 0.3) is 22.0 Å². The molecule has 0 atom stereocenters. The average molecular weight is 321 g/mol. The minimum atomic E-state index is 0.667. The van der Waals surface area contributed by atoms with Gasteiger partial charge in [0.05, 0.1) is 0 Å². The van der Waals surface area contributed by atoms with E-state index in [1.54, 1.807) is 6.26 Å². The highest BCUT2D eigenvalue weighted by atomic mass is 127. The van der Waals surface area contributed by atoms with Gasteiger partial charge in [0.2, 0.25) is 0 Å². The number of benzene rings is 2. The summed E-state index contributed by atoms with van der Waals surface area (Å²) in [5.41, 5.74) is 1.97. The average Bonchev–Trinajstić information content (AvgIpc) is 2.75. The van der Waals surface area contributed by atoms with E-state index >= 15 is 0 Å². The van der Waals surface area contributed by atoms with E-state index in [4.69, 9.17) is 4.42 Å². The number of halogens is 1. The van der Waals surface area contributed by atoms with Crippen LogP contribution < -0.4 is 0 Å². The van der Waals surface area contributed by atoms with Gasteiger partial charge in [-0.1, -0.05) is 36.4 Å². The van der Waals surface area contributed by atoms with Gasteiger partial charge in [-0.25, -0.2) is 4.98 Å². The highest BCUT2D eigenvalue weighted by Crippen LogP contribution is 2.24. The van der Waals surface area contributed by atoms with Crippen molar-refractivity contribution in [2.75, 3.05) is 0 Å². The van der Waals surface area contributed by atoms with Gasteiger partial charge in [0, 0.05) is 28.2 Å². The van der Waals surface area contributed by atoms with E-state index in [2.05, 4.69) is 57.9 Å². The van der Waals surface area contributed by atoms with E-state index in [-0.39, 0.29) is 0 Å². The van der Waals surface area contributed by atoms with Crippen LogP contribution in [0.4, 0.5) is 0 Å². The topological polar surface area (TPSA) is 26.0 Å². The van der Waals surface area contributed by atoms with Crippen molar-refractivity contribution >= 4 is 33.4 Å². The quantitative estimate of drug-likeness (QED) is 0.631. The summed E-state index contributed by atoms with van der Waals surface area (Å²) in [7, 11) is 0. The van der Waals surface area contributed by atoms with Gasteiger partial charge in [0.15, 0.2) is 0 Å². The maximum atomic E-state index is 5.21. The normalized spacial score (nSPS) is 10.8. The first-order chi connectivity index (χ1) is 7.83. The molecule has 2 nitrogen and oxygen atoms in total. The SMILES string of the molecule is Ic1nc(-c2ccc3ccccc3c2)co1. The van der Waals surface area contributed by atoms with E-state index in [1.807, 2.05) is 12.1 Å². The zero-order chi connectivity index (χ0) is 11.0. The molecular weight excluding hydrogens is 313 g/mol. The predicted molar refractivity (Wildman–Crippen MR) is 72.2 cm³/mol. The molecule has 2 aromatic carbocycles. The zero-order valence-corrected chi connectivity index (χ0v) is 10.5. The monoisotopic (exact) mass is 321 g/mol. The molecule has 0 spiro atoms. The fourth-order valence-electron chi connectivity index (χ4n) is 1.73. The van der Waals surface area contributed by atoms with Gasteiger partial charge in [-0.05, 0) is 16.8 Å². The standard InChI is InChI=1S/C13H8INO/c14-13-15-12(8-16-13)11-6-5-9-3-1-2-4-10(9)7-11/h1-8H. The van der Waals surface area contributed by atoms with Crippen molar-refractivity contribution in [3.8, 4) is 11.3 Å². The number of rotatable bonds is 1. The van der Waals surface area contributed by atoms with Crippen LogP contribution in [0, 0.1) is 3.90 Å². The lowest BCUT2D eigenvalue weighted by Gasteiger charge is -1.99. The lowest BCUT2D eigenvalue weighted by Crippen LogP contribution is -1.79. The van der Waals surface area contributed by atoms with Crippen molar-refractivity contribution in [3.63, 3.8) is 0 Å². The van der Waals surface area contributed by atoms with Crippen LogP contribution in [0.3, 0.4) is 0 Å². The minimum Gasteiger partial charge on any atom is -0.440 e. The maximum absolute atomic E-state index is 5.21. The summed E-state index contributed by atoms with van der Waals surface area (Å²) < 4.78 is 5.87. The summed E-state index contributed by atoms with van der Waals surface area (Å²) in [6.07, 6.45) is 1.69. The van der Waals surface area contributed by atoms with E-state index in [9.17, 15) is 0 Å². The van der Waals surface area contributed by atoms with Crippen LogP contribution in [0.1, 0.15) is 0 Å². The Morgan fingerprint density at radius 2 is 1.81 bits per heavy atom. The lowest BCUT2D eigenvalue weighted by molar-refractivity contribution is 0.525. The molecule has 0 saturated heterocycles. The second-order valence-corrected chi connectivity index (χ2v) is 4.47. The Morgan fingerprint density at radius 1 is 1.00 bits per heavy atom. The molecule has 0 N–H and O–H groups in total. The van der Waals surface area contributed by atoms with Crippen LogP contribution in [-0.4, -0.2) is 4.98 Å². The third kappa shape index (κ3) is 1.71. The highest BCUT2D eigenvalue weighted by Gasteiger charge is 2.04. The molecule has 0 aliphatic heterocycles. The third-order valence-electron chi connectivity index (χ3n) is 2.52. The van der Waals surface area contributed by atoms with Crippen molar-refractivity contribution in [2.45, 2.75) is 0 Å². The Balaban J connectivity index is 2.18. The van der Waals surface area contributed by atoms with Gasteiger partial charge in [-0.3, -0.25) is 0 Å². The molecule has 1 heterocycles. The first kappa shape index (κ1) is 9.84. The molecule has 1 aromatic heterocycles. The van der Waals surface area contributed by atoms with E-state index < -0.39 is 0 Å². The summed E-state index contributed by atoms with van der Waals surface area (Å²) in [5.74, 6) is 0. The van der Waals surface area contributed by atoms with Crippen LogP contribution >= 0.6 is 22.6 Å². The molecular formula is C13H8INO. The second-order valence-electron chi connectivity index (χ2n) is 3.55. The largest absolute Gasteiger partial charge is 0.440 e. The Bertz CT molecular complexity index is 645. The molecule has 0 unspecified atom stereocenters. The Kier molecular flexibility index (Phi) is 2.40. The summed E-state index contributed by atoms with van der Waals surface area (Å²) in [4.78, 5) is 4.31. The van der Waals surface area contributed by atoms with Crippen molar-refractivity contribution in [1.29, 1.82) is 0 Å². The van der Waals surface area contributed by atoms with Gasteiger partial charge >= 0.3 is 0 Å². The second kappa shape index (κ2) is 3.90. The molecule has 0 bridgehead atoms. The molecule has 3 heteroatoms. The smallest absolute Gasteiger partial charge is 0.257 e. The van der Waals surface area contributed by atoms with Crippen LogP contribution in [-0.2, 0) is 0 Å². The first-order valence-electron chi connectivity index (χ1n) is 4.93. The molecule has 0 radical (unpaired) electrons. The maximum Gasteiger partial charge on any atom is 0.257 e. The molecule has 78 valence electrons. The van der Waals surface area contributed by atoms with Crippen LogP contribution in [0.2, 0.25) is 0 Å². The van der Waals surface area contributed by atoms with Crippen LogP contribution in [0.15, 0.2) is 53.1 Å². The fraction of sp³-hybridized carbons (Fsp3) is 0. The number of hydrogen-bond donors (Lipinski definition) is 0. The van der Waals surface area contributed by atoms with Crippen molar-refractivity contribution in [2.24, 2.45) is 0 Å². The molecule has 3 rings (SSSR count). The Morgan fingerprint density at radius 3 is 2.56 bits per heavy atom. The Hall–Kier alpha value is -1.36. The molecule has 3 aromatic rings. The summed E-state index contributed by atoms with van der Waals surface area (Å²) >= 11 is 2.07. The minimum absolute atomic E-state index is 0.667. The number of hydrogen-bond acceptors (Lipinski definition) is 2. The van der Waals surface area contributed by atoms with E-state index in [0.717, 1.165) is 11.3 Å². The van der Waals surface area contributed by atoms with Gasteiger partial charge < -0.3 is 4.42 Å². The zero-order valence-electron chi connectivity index (χ0n) is 8.35. The number of aromatic nitrogens is 1. The van der Waals surface area contributed by atoms with E-state index in [1.165, 1.54) is 10.8 Å². The van der Waals surface area contributed by atoms with Gasteiger partial charge in [0.25, 0.3) is 3.90 Å². The van der Waals surface area contributed by atoms with Crippen molar-refractivity contribution in [1.82, 2.24) is 4.98 Å². The predicted octanol–water partition coefficient (Wildman–Crippen LogP) is 4.10. The lowest BCUT2D eigenvalue weighted by atomic mass is 10.1. The number of fused-ring (bicyclic) bond motifs is 1. The van der Waals surface area contributed by atoms with Gasteiger partial charge in [-0.15, -0.1) is 0 Å². The number of oxazole rings is 1. The molecule has 0 aliphatic carbocycles. The molecule has 0 aliphatic rings. The Labute approximate surface area is 106 Å². The van der Waals surface area contributed by atoms with Gasteiger partial charge in [-0.2, -0.15) is 0 Å². The molecule has 16 heavy (non-hydrogen) atoms. The fourth-order valence-corrected chi connectivity index (χ4v) is 2.12. The summed E-state index contributed by atoms with van der Waals surface area (Å²) in [6.45, 7) is 0. The molecule has 0 fully saturated rings. The van der Waals surface area contributed by atoms with E-state index in [0.29, 0.717) is 3.90 Å². The van der Waals surface area contributed by atoms with Crippen LogP contribution in [0.5, 0.6) is 0 Å². The van der Waals surface area contributed by atoms with Crippen molar-refractivity contribution < 1.29 is 4.42 Å². The van der Waals surface area contributed by atoms with Crippen molar-refractivity contribution in [3.05, 3.63) is 52.6 Å². The highest BCUT2D eigenvalue weighted by molar-refractivity contribution is 14.1. The third-order valence-corrected chi connectivity index (χ3v) is 3.02. The number of nitrogens with zero attached hydrogens (tertiary/aromatic N) is 1. The summed E-state index contributed by atoms with van der Waals surface area (Å²) in [6, 6.07) is 14.6.